The highest BCUT2D eigenvalue weighted by molar-refractivity contribution is 6.08. The SMILES string of the molecule is Cn1ccc2c3nc(-c4ccc(NC(=O)NCc5ccccn5)cc4)nc(N4CCOCC4)c3ccc21. The van der Waals surface area contributed by atoms with Gasteiger partial charge in [-0.25, -0.2) is 14.8 Å². The molecule has 9 nitrogen and oxygen atoms in total. The summed E-state index contributed by atoms with van der Waals surface area (Å²) in [5, 5.41) is 7.82. The van der Waals surface area contributed by atoms with Crippen LogP contribution in [0.5, 0.6) is 0 Å². The number of fused-ring (bicyclic) bond motifs is 3. The van der Waals surface area contributed by atoms with E-state index < -0.39 is 0 Å². The number of anilines is 2. The molecule has 6 rings (SSSR count). The zero-order valence-electron chi connectivity index (χ0n) is 20.5. The van der Waals surface area contributed by atoms with E-state index in [0.29, 0.717) is 31.3 Å². The first-order chi connectivity index (χ1) is 18.2. The average Bonchev–Trinajstić information content (AvgIpc) is 3.34. The Labute approximate surface area is 214 Å². The molecule has 3 aromatic heterocycles. The molecule has 1 fully saturated rings. The zero-order valence-corrected chi connectivity index (χ0v) is 20.5. The second-order valence-electron chi connectivity index (χ2n) is 9.00. The molecule has 5 aromatic rings. The maximum absolute atomic E-state index is 12.3. The first kappa shape index (κ1) is 22.9. The monoisotopic (exact) mass is 493 g/mol. The molecular formula is C28H27N7O2. The lowest BCUT2D eigenvalue weighted by Crippen LogP contribution is -2.37. The molecule has 2 amide bonds. The first-order valence-electron chi connectivity index (χ1n) is 12.3. The van der Waals surface area contributed by atoms with E-state index in [1.54, 1.807) is 6.20 Å². The van der Waals surface area contributed by atoms with E-state index in [2.05, 4.69) is 49.5 Å². The minimum atomic E-state index is -0.290. The minimum absolute atomic E-state index is 0.290. The van der Waals surface area contributed by atoms with Crippen LogP contribution in [0.4, 0.5) is 16.3 Å². The predicted octanol–water partition coefficient (Wildman–Crippen LogP) is 4.34. The Morgan fingerprint density at radius 1 is 0.973 bits per heavy atom. The van der Waals surface area contributed by atoms with Gasteiger partial charge in [-0.2, -0.15) is 0 Å². The number of aryl methyl sites for hydroxylation is 1. The Hall–Kier alpha value is -4.50. The summed E-state index contributed by atoms with van der Waals surface area (Å²) in [6.07, 6.45) is 3.76. The van der Waals surface area contributed by atoms with Crippen molar-refractivity contribution in [2.75, 3.05) is 36.5 Å². The highest BCUT2D eigenvalue weighted by Gasteiger charge is 2.20. The fourth-order valence-electron chi connectivity index (χ4n) is 4.62. The van der Waals surface area contributed by atoms with Crippen LogP contribution in [0.15, 0.2) is 73.1 Å². The number of urea groups is 1. The third-order valence-corrected chi connectivity index (χ3v) is 6.58. The van der Waals surface area contributed by atoms with Crippen molar-refractivity contribution in [1.29, 1.82) is 0 Å². The smallest absolute Gasteiger partial charge is 0.319 e. The van der Waals surface area contributed by atoms with E-state index in [9.17, 15) is 4.79 Å². The Morgan fingerprint density at radius 2 is 1.81 bits per heavy atom. The summed E-state index contributed by atoms with van der Waals surface area (Å²) in [5.41, 5.74) is 4.41. The molecule has 37 heavy (non-hydrogen) atoms. The van der Waals surface area contributed by atoms with Gasteiger partial charge < -0.3 is 24.8 Å². The van der Waals surface area contributed by atoms with Crippen LogP contribution in [0.2, 0.25) is 0 Å². The zero-order chi connectivity index (χ0) is 25.2. The molecule has 0 saturated carbocycles. The number of aromatic nitrogens is 4. The van der Waals surface area contributed by atoms with Gasteiger partial charge in [0.1, 0.15) is 5.82 Å². The Balaban J connectivity index is 1.29. The van der Waals surface area contributed by atoms with Crippen LogP contribution >= 0.6 is 0 Å². The minimum Gasteiger partial charge on any atom is -0.378 e. The van der Waals surface area contributed by atoms with Gasteiger partial charge in [-0.1, -0.05) is 6.07 Å². The normalized spacial score (nSPS) is 13.7. The summed E-state index contributed by atoms with van der Waals surface area (Å²) in [6, 6.07) is 19.3. The quantitative estimate of drug-likeness (QED) is 0.378. The van der Waals surface area contributed by atoms with E-state index in [-0.39, 0.29) is 6.03 Å². The lowest BCUT2D eigenvalue weighted by Gasteiger charge is -2.29. The number of pyridine rings is 1. The van der Waals surface area contributed by atoms with Crippen molar-refractivity contribution < 1.29 is 9.53 Å². The van der Waals surface area contributed by atoms with E-state index in [4.69, 9.17) is 14.7 Å². The van der Waals surface area contributed by atoms with Crippen molar-refractivity contribution in [3.05, 3.63) is 78.8 Å². The van der Waals surface area contributed by atoms with Crippen molar-refractivity contribution in [2.45, 2.75) is 6.54 Å². The molecule has 0 unspecified atom stereocenters. The van der Waals surface area contributed by atoms with Crippen molar-refractivity contribution in [1.82, 2.24) is 24.8 Å². The van der Waals surface area contributed by atoms with Gasteiger partial charge in [0.15, 0.2) is 5.82 Å². The number of morpholine rings is 1. The molecule has 1 aliphatic rings. The number of benzene rings is 2. The van der Waals surface area contributed by atoms with Crippen molar-refractivity contribution in [3.63, 3.8) is 0 Å². The summed E-state index contributed by atoms with van der Waals surface area (Å²) >= 11 is 0. The van der Waals surface area contributed by atoms with Gasteiger partial charge >= 0.3 is 6.03 Å². The molecule has 4 heterocycles. The number of rotatable bonds is 5. The molecule has 2 N–H and O–H groups in total. The van der Waals surface area contributed by atoms with Crippen LogP contribution in [-0.4, -0.2) is 51.9 Å². The van der Waals surface area contributed by atoms with Gasteiger partial charge in [0.2, 0.25) is 0 Å². The van der Waals surface area contributed by atoms with E-state index in [0.717, 1.165) is 52.0 Å². The van der Waals surface area contributed by atoms with Crippen LogP contribution in [0.25, 0.3) is 33.2 Å². The number of nitrogens with one attached hydrogen (secondary N) is 2. The molecule has 0 atom stereocenters. The van der Waals surface area contributed by atoms with Crippen molar-refractivity contribution >= 4 is 39.3 Å². The van der Waals surface area contributed by atoms with Gasteiger partial charge in [-0.15, -0.1) is 0 Å². The second kappa shape index (κ2) is 9.87. The lowest BCUT2D eigenvalue weighted by atomic mass is 10.1. The van der Waals surface area contributed by atoms with Gasteiger partial charge in [0.05, 0.1) is 31.0 Å². The second-order valence-corrected chi connectivity index (χ2v) is 9.00. The molecule has 2 aromatic carbocycles. The van der Waals surface area contributed by atoms with Crippen molar-refractivity contribution in [3.8, 4) is 11.4 Å². The number of nitrogens with zero attached hydrogens (tertiary/aromatic N) is 5. The summed E-state index contributed by atoms with van der Waals surface area (Å²) < 4.78 is 7.68. The molecule has 186 valence electrons. The summed E-state index contributed by atoms with van der Waals surface area (Å²) in [5.74, 6) is 1.57. The van der Waals surface area contributed by atoms with Crippen molar-refractivity contribution in [2.24, 2.45) is 7.05 Å². The number of hydrogen-bond acceptors (Lipinski definition) is 6. The summed E-state index contributed by atoms with van der Waals surface area (Å²) in [4.78, 5) is 28.8. The highest BCUT2D eigenvalue weighted by atomic mass is 16.5. The Kier molecular flexibility index (Phi) is 6.11. The van der Waals surface area contributed by atoms with Crippen LogP contribution in [-0.2, 0) is 18.3 Å². The van der Waals surface area contributed by atoms with Gasteiger partial charge in [0, 0.05) is 60.1 Å². The highest BCUT2D eigenvalue weighted by Crippen LogP contribution is 2.33. The molecule has 9 heteroatoms. The van der Waals surface area contributed by atoms with Crippen LogP contribution in [0, 0.1) is 0 Å². The van der Waals surface area contributed by atoms with Gasteiger partial charge in [-0.3, -0.25) is 4.98 Å². The molecule has 0 aliphatic carbocycles. The van der Waals surface area contributed by atoms with E-state index in [1.807, 2.05) is 49.5 Å². The Morgan fingerprint density at radius 3 is 2.59 bits per heavy atom. The number of hydrogen-bond donors (Lipinski definition) is 2. The largest absolute Gasteiger partial charge is 0.378 e. The number of ether oxygens (including phenoxy) is 1. The summed E-state index contributed by atoms with van der Waals surface area (Å²) in [6.45, 7) is 3.28. The third-order valence-electron chi connectivity index (χ3n) is 6.58. The van der Waals surface area contributed by atoms with E-state index in [1.165, 1.54) is 0 Å². The molecular weight excluding hydrogens is 466 g/mol. The summed E-state index contributed by atoms with van der Waals surface area (Å²) in [7, 11) is 2.04. The van der Waals surface area contributed by atoms with Gasteiger partial charge in [-0.05, 0) is 54.6 Å². The number of amides is 2. The average molecular weight is 494 g/mol. The fourth-order valence-corrected chi connectivity index (χ4v) is 4.62. The molecule has 1 saturated heterocycles. The maximum atomic E-state index is 12.3. The first-order valence-corrected chi connectivity index (χ1v) is 12.3. The molecule has 0 bridgehead atoms. The fraction of sp³-hybridized carbons (Fsp3) is 0.214. The number of carbonyl (C=O) groups excluding carboxylic acids is 1. The van der Waals surface area contributed by atoms with Crippen LogP contribution in [0.3, 0.4) is 0 Å². The maximum Gasteiger partial charge on any atom is 0.319 e. The van der Waals surface area contributed by atoms with Crippen LogP contribution in [0.1, 0.15) is 5.69 Å². The molecule has 0 spiro atoms. The number of carbonyl (C=O) groups is 1. The lowest BCUT2D eigenvalue weighted by molar-refractivity contribution is 0.122. The topological polar surface area (TPSA) is 97.2 Å². The van der Waals surface area contributed by atoms with Crippen LogP contribution < -0.4 is 15.5 Å². The third kappa shape index (κ3) is 4.68. The molecule has 1 aliphatic heterocycles. The predicted molar refractivity (Wildman–Crippen MR) is 145 cm³/mol. The standard InChI is InChI=1S/C28H27N7O2/c1-34-13-11-22-24(34)10-9-23-25(22)32-26(33-27(23)35-14-16-37-17-15-35)19-5-7-20(8-6-19)31-28(36)30-18-21-4-2-3-12-29-21/h2-13H,14-18H2,1H3,(H2,30,31,36). The van der Waals surface area contributed by atoms with E-state index >= 15 is 0 Å². The Bertz CT molecular complexity index is 1560. The molecule has 0 radical (unpaired) electrons. The van der Waals surface area contributed by atoms with Gasteiger partial charge in [0.25, 0.3) is 0 Å².